The van der Waals surface area contributed by atoms with Gasteiger partial charge in [-0.15, -0.1) is 0 Å². The molecule has 2 aliphatic heterocycles. The summed E-state index contributed by atoms with van der Waals surface area (Å²) in [5.74, 6) is -2.67. The van der Waals surface area contributed by atoms with Crippen LogP contribution in [0.15, 0.2) is 51.0 Å². The number of hydrogen-bond donors (Lipinski definition) is 3. The van der Waals surface area contributed by atoms with Crippen molar-refractivity contribution in [1.82, 2.24) is 0 Å². The van der Waals surface area contributed by atoms with E-state index in [4.69, 9.17) is 19.6 Å². The number of carbonyl (C=O) groups is 2. The maximum absolute atomic E-state index is 13.2. The number of anilines is 1. The van der Waals surface area contributed by atoms with Gasteiger partial charge in [0, 0.05) is 17.3 Å². The zero-order chi connectivity index (χ0) is 19.3. The summed E-state index contributed by atoms with van der Waals surface area (Å²) in [6.45, 7) is -0.589. The van der Waals surface area contributed by atoms with Gasteiger partial charge in [0.25, 0.3) is 0 Å². The SMILES string of the molecule is COC(=O)C1=C(N)Oc2c(oc(CO)cc2=O)C12C(=O)Nc1ccccc12. The van der Waals surface area contributed by atoms with Crippen LogP contribution in [0.5, 0.6) is 5.75 Å². The number of carbonyl (C=O) groups excluding carboxylic acids is 2. The average molecular weight is 370 g/mol. The van der Waals surface area contributed by atoms with Gasteiger partial charge in [0.05, 0.1) is 7.11 Å². The molecule has 4 rings (SSSR count). The van der Waals surface area contributed by atoms with Gasteiger partial charge >= 0.3 is 5.97 Å². The molecule has 1 aromatic carbocycles. The Morgan fingerprint density at radius 1 is 1.33 bits per heavy atom. The Morgan fingerprint density at radius 3 is 2.78 bits per heavy atom. The molecule has 0 radical (unpaired) electrons. The molecule has 2 aliphatic rings. The zero-order valence-electron chi connectivity index (χ0n) is 14.1. The summed E-state index contributed by atoms with van der Waals surface area (Å²) in [6.07, 6.45) is 0. The van der Waals surface area contributed by atoms with E-state index in [1.165, 1.54) is 0 Å². The molecular formula is C18H14N2O7. The van der Waals surface area contributed by atoms with Crippen LogP contribution in [0, 0.1) is 0 Å². The maximum Gasteiger partial charge on any atom is 0.341 e. The molecule has 0 saturated heterocycles. The summed E-state index contributed by atoms with van der Waals surface area (Å²) in [5, 5.41) is 12.1. The highest BCUT2D eigenvalue weighted by atomic mass is 16.5. The minimum Gasteiger partial charge on any atom is -0.465 e. The second-order valence-electron chi connectivity index (χ2n) is 5.98. The highest BCUT2D eigenvalue weighted by Crippen LogP contribution is 2.52. The number of aliphatic hydroxyl groups is 1. The van der Waals surface area contributed by atoms with Crippen LogP contribution in [0.1, 0.15) is 17.1 Å². The number of nitrogens with one attached hydrogen (secondary N) is 1. The molecule has 2 aromatic rings. The number of esters is 1. The van der Waals surface area contributed by atoms with Gasteiger partial charge in [0.2, 0.25) is 23.0 Å². The number of ether oxygens (including phenoxy) is 2. The van der Waals surface area contributed by atoms with Gasteiger partial charge in [0.15, 0.2) is 11.2 Å². The largest absolute Gasteiger partial charge is 0.465 e. The van der Waals surface area contributed by atoms with Crippen molar-refractivity contribution in [1.29, 1.82) is 0 Å². The highest BCUT2D eigenvalue weighted by Gasteiger charge is 2.61. The Balaban J connectivity index is 2.18. The maximum atomic E-state index is 13.2. The molecule has 27 heavy (non-hydrogen) atoms. The van der Waals surface area contributed by atoms with E-state index >= 15 is 0 Å². The van der Waals surface area contributed by atoms with Gasteiger partial charge in [-0.3, -0.25) is 9.59 Å². The third kappa shape index (κ3) is 2.05. The van der Waals surface area contributed by atoms with Gasteiger partial charge in [-0.25, -0.2) is 4.79 Å². The van der Waals surface area contributed by atoms with Crippen LogP contribution in [-0.2, 0) is 26.3 Å². The van der Waals surface area contributed by atoms with Gasteiger partial charge in [-0.2, -0.15) is 0 Å². The van der Waals surface area contributed by atoms with Gasteiger partial charge in [0.1, 0.15) is 17.9 Å². The fraction of sp³-hybridized carbons (Fsp3) is 0.167. The normalized spacial score (nSPS) is 20.0. The molecule has 9 heteroatoms. The molecular weight excluding hydrogens is 356 g/mol. The Morgan fingerprint density at radius 2 is 2.07 bits per heavy atom. The van der Waals surface area contributed by atoms with Crippen LogP contribution in [0.25, 0.3) is 0 Å². The first kappa shape index (κ1) is 16.9. The van der Waals surface area contributed by atoms with Crippen LogP contribution in [-0.4, -0.2) is 24.1 Å². The number of rotatable bonds is 2. The van der Waals surface area contributed by atoms with Crippen LogP contribution in [0.3, 0.4) is 0 Å². The summed E-state index contributed by atoms with van der Waals surface area (Å²) >= 11 is 0. The molecule has 0 aliphatic carbocycles. The molecule has 3 heterocycles. The van der Waals surface area contributed by atoms with Gasteiger partial charge in [-0.05, 0) is 6.07 Å². The lowest BCUT2D eigenvalue weighted by atomic mass is 9.71. The van der Waals surface area contributed by atoms with Crippen LogP contribution in [0.4, 0.5) is 5.69 Å². The van der Waals surface area contributed by atoms with Gasteiger partial charge in [-0.1, -0.05) is 18.2 Å². The number of fused-ring (bicyclic) bond motifs is 4. The monoisotopic (exact) mass is 370 g/mol. The predicted octanol–water partition coefficient (Wildman–Crippen LogP) is 0.106. The Labute approximate surface area is 152 Å². The second kappa shape index (κ2) is 5.71. The molecule has 1 amide bonds. The number of aliphatic hydroxyl groups excluding tert-OH is 1. The lowest BCUT2D eigenvalue weighted by Gasteiger charge is -2.33. The lowest BCUT2D eigenvalue weighted by Crippen LogP contribution is -2.46. The molecule has 9 nitrogen and oxygen atoms in total. The summed E-state index contributed by atoms with van der Waals surface area (Å²) in [7, 11) is 1.13. The van der Waals surface area contributed by atoms with E-state index in [0.717, 1.165) is 13.2 Å². The minimum atomic E-state index is -1.88. The van der Waals surface area contributed by atoms with Crippen LogP contribution >= 0.6 is 0 Å². The minimum absolute atomic E-state index is 0.0939. The summed E-state index contributed by atoms with van der Waals surface area (Å²) in [5.41, 5.74) is 3.86. The van der Waals surface area contributed by atoms with Crippen molar-refractivity contribution in [3.63, 3.8) is 0 Å². The number of amides is 1. The Hall–Kier alpha value is -3.59. The average Bonchev–Trinajstić information content (AvgIpc) is 2.95. The fourth-order valence-corrected chi connectivity index (χ4v) is 3.50. The molecule has 138 valence electrons. The molecule has 0 bridgehead atoms. The van der Waals surface area contributed by atoms with Crippen molar-refractivity contribution in [2.24, 2.45) is 5.73 Å². The topological polar surface area (TPSA) is 141 Å². The number of benzene rings is 1. The number of methoxy groups -OCH3 is 1. The summed E-state index contributed by atoms with van der Waals surface area (Å²) < 4.78 is 15.8. The van der Waals surface area contributed by atoms with E-state index in [-0.39, 0.29) is 22.8 Å². The molecule has 0 fully saturated rings. The molecule has 1 atom stereocenters. The quantitative estimate of drug-likeness (QED) is 0.632. The van der Waals surface area contributed by atoms with Crippen molar-refractivity contribution in [3.8, 4) is 5.75 Å². The molecule has 1 spiro atoms. The first-order valence-corrected chi connectivity index (χ1v) is 7.90. The molecule has 0 saturated carbocycles. The van der Waals surface area contributed by atoms with E-state index in [0.29, 0.717) is 11.3 Å². The zero-order valence-corrected chi connectivity index (χ0v) is 14.1. The van der Waals surface area contributed by atoms with Crippen molar-refractivity contribution in [2.45, 2.75) is 12.0 Å². The smallest absolute Gasteiger partial charge is 0.341 e. The summed E-state index contributed by atoms with van der Waals surface area (Å²) in [4.78, 5) is 38.2. The van der Waals surface area contributed by atoms with Crippen molar-refractivity contribution in [2.75, 3.05) is 12.4 Å². The summed E-state index contributed by atoms with van der Waals surface area (Å²) in [6, 6.07) is 7.63. The number of para-hydroxylation sites is 1. The third-order valence-electron chi connectivity index (χ3n) is 4.59. The van der Waals surface area contributed by atoms with Gasteiger partial charge < -0.3 is 30.0 Å². The van der Waals surface area contributed by atoms with E-state index < -0.39 is 35.2 Å². The van der Waals surface area contributed by atoms with Crippen molar-refractivity contribution in [3.05, 3.63) is 69.1 Å². The van der Waals surface area contributed by atoms with E-state index in [1.807, 2.05) is 0 Å². The van der Waals surface area contributed by atoms with E-state index in [2.05, 4.69) is 5.32 Å². The molecule has 1 unspecified atom stereocenters. The first-order valence-electron chi connectivity index (χ1n) is 7.90. The van der Waals surface area contributed by atoms with E-state index in [9.17, 15) is 19.5 Å². The predicted molar refractivity (Wildman–Crippen MR) is 90.6 cm³/mol. The number of hydrogen-bond acceptors (Lipinski definition) is 8. The van der Waals surface area contributed by atoms with Crippen molar-refractivity contribution < 1.29 is 28.6 Å². The first-order chi connectivity index (χ1) is 12.9. The molecule has 1 aromatic heterocycles. The van der Waals surface area contributed by atoms with Crippen molar-refractivity contribution >= 4 is 17.6 Å². The highest BCUT2D eigenvalue weighted by molar-refractivity contribution is 6.16. The van der Waals surface area contributed by atoms with Crippen LogP contribution in [0.2, 0.25) is 0 Å². The van der Waals surface area contributed by atoms with Crippen LogP contribution < -0.4 is 21.2 Å². The molecule has 4 N–H and O–H groups in total. The Kier molecular flexibility index (Phi) is 3.57. The fourth-order valence-electron chi connectivity index (χ4n) is 3.50. The van der Waals surface area contributed by atoms with E-state index in [1.54, 1.807) is 24.3 Å². The number of nitrogens with two attached hydrogens (primary N) is 1. The standard InChI is InChI=1S/C18H14N2O7/c1-25-16(23)12-15(19)27-13-11(22)6-8(7-21)26-14(13)18(12)9-4-2-3-5-10(9)20-17(18)24/h2-6,21H,7,19H2,1H3,(H,20,24). The lowest BCUT2D eigenvalue weighted by molar-refractivity contribution is -0.138. The third-order valence-corrected chi connectivity index (χ3v) is 4.59. The second-order valence-corrected chi connectivity index (χ2v) is 5.98. The Bertz CT molecular complexity index is 1090.